The van der Waals surface area contributed by atoms with Gasteiger partial charge in [-0.25, -0.2) is 0 Å². The van der Waals surface area contributed by atoms with Crippen LogP contribution < -0.4 is 5.32 Å². The summed E-state index contributed by atoms with van der Waals surface area (Å²) >= 11 is 0. The van der Waals surface area contributed by atoms with Crippen LogP contribution >= 0.6 is 0 Å². The Morgan fingerprint density at radius 2 is 1.94 bits per heavy atom. The number of nitrogens with zero attached hydrogens (tertiary/aromatic N) is 1. The number of carbonyl (C=O) groups excluding carboxylic acids is 1. The number of carbonyl (C=O) groups is 2. The molecular weight excluding hydrogens is 232 g/mol. The quantitative estimate of drug-likeness (QED) is 0.752. The summed E-state index contributed by atoms with van der Waals surface area (Å²) in [5.74, 6) is -1.07. The number of piperidine rings is 1. The molecule has 1 aliphatic carbocycles. The van der Waals surface area contributed by atoms with Gasteiger partial charge < -0.3 is 15.3 Å². The zero-order chi connectivity index (χ0) is 13.1. The minimum Gasteiger partial charge on any atom is -0.481 e. The molecule has 1 saturated heterocycles. The molecule has 0 aromatic carbocycles. The summed E-state index contributed by atoms with van der Waals surface area (Å²) in [7, 11) is 0. The van der Waals surface area contributed by atoms with Crippen molar-refractivity contribution in [1.29, 1.82) is 0 Å². The number of nitrogens with one attached hydrogen (secondary N) is 1. The van der Waals surface area contributed by atoms with Gasteiger partial charge in [-0.15, -0.1) is 0 Å². The molecule has 2 rings (SSSR count). The van der Waals surface area contributed by atoms with Crippen molar-refractivity contribution in [3.63, 3.8) is 0 Å². The molecule has 0 spiro atoms. The topological polar surface area (TPSA) is 69.6 Å². The van der Waals surface area contributed by atoms with Crippen molar-refractivity contribution < 1.29 is 14.7 Å². The smallest absolute Gasteiger partial charge is 0.307 e. The number of hydrogen-bond donors (Lipinski definition) is 2. The van der Waals surface area contributed by atoms with Gasteiger partial charge in [-0.2, -0.15) is 0 Å². The standard InChI is InChI=1S/C13H22N2O3/c1-2-15-5-3-9(4-6-15)8-14-12(16)10-7-11(10)13(17)18/h9-11H,2-8H2,1H3,(H,14,16)(H,17,18). The van der Waals surface area contributed by atoms with Crippen molar-refractivity contribution in [3.8, 4) is 0 Å². The lowest BCUT2D eigenvalue weighted by molar-refractivity contribution is -0.140. The van der Waals surface area contributed by atoms with E-state index in [1.54, 1.807) is 0 Å². The molecule has 5 nitrogen and oxygen atoms in total. The highest BCUT2D eigenvalue weighted by molar-refractivity contribution is 5.89. The van der Waals surface area contributed by atoms with Gasteiger partial charge in [0, 0.05) is 6.54 Å². The molecule has 2 atom stereocenters. The highest BCUT2D eigenvalue weighted by atomic mass is 16.4. The molecule has 2 N–H and O–H groups in total. The molecule has 2 fully saturated rings. The predicted molar refractivity (Wildman–Crippen MR) is 67.1 cm³/mol. The number of rotatable bonds is 5. The lowest BCUT2D eigenvalue weighted by Gasteiger charge is -2.31. The Kier molecular flexibility index (Phi) is 4.22. The van der Waals surface area contributed by atoms with Gasteiger partial charge in [-0.1, -0.05) is 6.92 Å². The van der Waals surface area contributed by atoms with Crippen molar-refractivity contribution in [2.45, 2.75) is 26.2 Å². The fourth-order valence-corrected chi connectivity index (χ4v) is 2.64. The minimum atomic E-state index is -0.841. The van der Waals surface area contributed by atoms with Gasteiger partial charge in [0.15, 0.2) is 0 Å². The average Bonchev–Trinajstić information content (AvgIpc) is 3.17. The summed E-state index contributed by atoms with van der Waals surface area (Å²) in [5, 5.41) is 11.7. The van der Waals surface area contributed by atoms with Gasteiger partial charge in [-0.3, -0.25) is 9.59 Å². The van der Waals surface area contributed by atoms with Crippen LogP contribution in [0.15, 0.2) is 0 Å². The number of amides is 1. The van der Waals surface area contributed by atoms with E-state index in [9.17, 15) is 9.59 Å². The van der Waals surface area contributed by atoms with E-state index in [0.29, 0.717) is 18.9 Å². The van der Waals surface area contributed by atoms with E-state index in [1.807, 2.05) is 0 Å². The van der Waals surface area contributed by atoms with Crippen LogP contribution in [0.1, 0.15) is 26.2 Å². The van der Waals surface area contributed by atoms with Gasteiger partial charge in [-0.05, 0) is 44.8 Å². The van der Waals surface area contributed by atoms with Gasteiger partial charge in [0.2, 0.25) is 5.91 Å². The van der Waals surface area contributed by atoms with Crippen LogP contribution in [0, 0.1) is 17.8 Å². The summed E-state index contributed by atoms with van der Waals surface area (Å²) < 4.78 is 0. The molecule has 1 amide bonds. The first-order valence-corrected chi connectivity index (χ1v) is 6.84. The van der Waals surface area contributed by atoms with Gasteiger partial charge in [0.1, 0.15) is 0 Å². The van der Waals surface area contributed by atoms with Gasteiger partial charge >= 0.3 is 5.97 Å². The maximum atomic E-state index is 11.7. The van der Waals surface area contributed by atoms with E-state index in [0.717, 1.165) is 32.5 Å². The van der Waals surface area contributed by atoms with E-state index in [-0.39, 0.29) is 11.8 Å². The minimum absolute atomic E-state index is 0.0691. The van der Waals surface area contributed by atoms with E-state index in [2.05, 4.69) is 17.1 Å². The Morgan fingerprint density at radius 1 is 1.28 bits per heavy atom. The van der Waals surface area contributed by atoms with Crippen molar-refractivity contribution in [1.82, 2.24) is 10.2 Å². The number of carboxylic acid groups (broad SMARTS) is 1. The maximum Gasteiger partial charge on any atom is 0.307 e. The lowest BCUT2D eigenvalue weighted by atomic mass is 9.97. The van der Waals surface area contributed by atoms with Crippen LogP contribution in [0.4, 0.5) is 0 Å². The Labute approximate surface area is 108 Å². The highest BCUT2D eigenvalue weighted by Gasteiger charge is 2.48. The molecule has 1 saturated carbocycles. The van der Waals surface area contributed by atoms with Crippen LogP contribution in [0.3, 0.4) is 0 Å². The molecule has 0 radical (unpaired) electrons. The van der Waals surface area contributed by atoms with Crippen molar-refractivity contribution in [2.75, 3.05) is 26.2 Å². The Balaban J connectivity index is 1.64. The van der Waals surface area contributed by atoms with Crippen LogP contribution in [-0.2, 0) is 9.59 Å². The number of carboxylic acids is 1. The molecule has 2 aliphatic rings. The first kappa shape index (κ1) is 13.3. The second kappa shape index (κ2) is 5.69. The Bertz CT molecular complexity index is 324. The zero-order valence-electron chi connectivity index (χ0n) is 10.9. The number of aliphatic carboxylic acids is 1. The molecule has 0 aromatic rings. The highest BCUT2D eigenvalue weighted by Crippen LogP contribution is 2.38. The second-order valence-electron chi connectivity index (χ2n) is 5.41. The normalized spacial score (nSPS) is 28.9. The first-order chi connectivity index (χ1) is 8.61. The molecular formula is C13H22N2O3. The van der Waals surface area contributed by atoms with Crippen LogP contribution in [-0.4, -0.2) is 48.1 Å². The molecule has 5 heteroatoms. The van der Waals surface area contributed by atoms with Crippen LogP contribution in [0.25, 0.3) is 0 Å². The molecule has 18 heavy (non-hydrogen) atoms. The predicted octanol–water partition coefficient (Wildman–Crippen LogP) is 0.555. The fourth-order valence-electron chi connectivity index (χ4n) is 2.64. The first-order valence-electron chi connectivity index (χ1n) is 6.84. The van der Waals surface area contributed by atoms with E-state index in [4.69, 9.17) is 5.11 Å². The largest absolute Gasteiger partial charge is 0.481 e. The fraction of sp³-hybridized carbons (Fsp3) is 0.846. The molecule has 1 aliphatic heterocycles. The van der Waals surface area contributed by atoms with Crippen molar-refractivity contribution in [2.24, 2.45) is 17.8 Å². The van der Waals surface area contributed by atoms with Gasteiger partial charge in [0.05, 0.1) is 11.8 Å². The molecule has 0 aromatic heterocycles. The van der Waals surface area contributed by atoms with Crippen LogP contribution in [0.5, 0.6) is 0 Å². The third kappa shape index (κ3) is 3.22. The second-order valence-corrected chi connectivity index (χ2v) is 5.41. The monoisotopic (exact) mass is 254 g/mol. The lowest BCUT2D eigenvalue weighted by Crippen LogP contribution is -2.39. The Hall–Kier alpha value is -1.10. The third-order valence-electron chi connectivity index (χ3n) is 4.16. The third-order valence-corrected chi connectivity index (χ3v) is 4.16. The molecule has 102 valence electrons. The molecule has 2 unspecified atom stereocenters. The van der Waals surface area contributed by atoms with Crippen molar-refractivity contribution >= 4 is 11.9 Å². The summed E-state index contributed by atoms with van der Waals surface area (Å²) in [4.78, 5) is 24.8. The number of likely N-dealkylation sites (tertiary alicyclic amines) is 1. The maximum absolute atomic E-state index is 11.7. The SMILES string of the molecule is CCN1CCC(CNC(=O)C2CC2C(=O)O)CC1. The zero-order valence-corrected chi connectivity index (χ0v) is 10.9. The van der Waals surface area contributed by atoms with Gasteiger partial charge in [0.25, 0.3) is 0 Å². The summed E-state index contributed by atoms with van der Waals surface area (Å²) in [6, 6.07) is 0. The average molecular weight is 254 g/mol. The summed E-state index contributed by atoms with van der Waals surface area (Å²) in [6.07, 6.45) is 2.76. The molecule has 1 heterocycles. The van der Waals surface area contributed by atoms with Crippen molar-refractivity contribution in [3.05, 3.63) is 0 Å². The summed E-state index contributed by atoms with van der Waals surface area (Å²) in [5.41, 5.74) is 0. The van der Waals surface area contributed by atoms with E-state index >= 15 is 0 Å². The van der Waals surface area contributed by atoms with Crippen LogP contribution in [0.2, 0.25) is 0 Å². The van der Waals surface area contributed by atoms with E-state index in [1.165, 1.54) is 0 Å². The summed E-state index contributed by atoms with van der Waals surface area (Å²) in [6.45, 7) is 6.19. The molecule has 0 bridgehead atoms. The number of hydrogen-bond acceptors (Lipinski definition) is 3. The Morgan fingerprint density at radius 3 is 2.44 bits per heavy atom. The van der Waals surface area contributed by atoms with E-state index < -0.39 is 11.9 Å².